The summed E-state index contributed by atoms with van der Waals surface area (Å²) in [5, 5.41) is 17.9. The molecule has 0 aromatic heterocycles. The molecule has 0 aromatic rings. The molecule has 2 atom stereocenters. The Balaban J connectivity index is 3.20. The number of hydrogen-bond acceptors (Lipinski definition) is 2. The maximum Gasteiger partial charge on any atom is 0.0575 e. The van der Waals surface area contributed by atoms with Crippen LogP contribution in [0.2, 0.25) is 0 Å². The van der Waals surface area contributed by atoms with Crippen LogP contribution in [-0.4, -0.2) is 22.4 Å². The Morgan fingerprint density at radius 2 is 2.00 bits per heavy atom. The molecule has 0 radical (unpaired) electrons. The van der Waals surface area contributed by atoms with Gasteiger partial charge in [-0.3, -0.25) is 0 Å². The first-order chi connectivity index (χ1) is 4.66. The first-order valence-electron chi connectivity index (χ1n) is 3.63. The Hall–Kier alpha value is -0.340. The minimum absolute atomic E-state index is 0.306. The molecule has 10 heavy (non-hydrogen) atoms. The lowest BCUT2D eigenvalue weighted by atomic mass is 10.1. The largest absolute Gasteiger partial charge is 0.393 e. The zero-order chi connectivity index (χ0) is 7.98. The van der Waals surface area contributed by atoms with Crippen LogP contribution in [0, 0.1) is 0 Å². The first kappa shape index (κ1) is 9.66. The van der Waals surface area contributed by atoms with E-state index in [0.29, 0.717) is 19.3 Å². The van der Waals surface area contributed by atoms with E-state index in [0.717, 1.165) is 0 Å². The molecule has 0 amide bonds. The van der Waals surface area contributed by atoms with Crippen LogP contribution in [0.5, 0.6) is 0 Å². The molecule has 0 spiro atoms. The second kappa shape index (κ2) is 5.45. The highest BCUT2D eigenvalue weighted by Crippen LogP contribution is 2.04. The maximum absolute atomic E-state index is 9.12. The molecule has 0 aliphatic rings. The number of rotatable bonds is 5. The lowest BCUT2D eigenvalue weighted by molar-refractivity contribution is 0.124. The third-order valence-electron chi connectivity index (χ3n) is 1.36. The predicted octanol–water partition coefficient (Wildman–Crippen LogP) is 1.08. The molecule has 2 nitrogen and oxygen atoms in total. The third kappa shape index (κ3) is 5.79. The van der Waals surface area contributed by atoms with E-state index < -0.39 is 0 Å². The second-order valence-electron chi connectivity index (χ2n) is 2.60. The van der Waals surface area contributed by atoms with Crippen LogP contribution in [0.1, 0.15) is 26.2 Å². The van der Waals surface area contributed by atoms with Gasteiger partial charge in [0.15, 0.2) is 0 Å². The van der Waals surface area contributed by atoms with Crippen molar-refractivity contribution in [3.63, 3.8) is 0 Å². The molecular formula is C8H16O2. The van der Waals surface area contributed by atoms with E-state index in [9.17, 15) is 0 Å². The van der Waals surface area contributed by atoms with Gasteiger partial charge in [-0.2, -0.15) is 0 Å². The summed E-state index contributed by atoms with van der Waals surface area (Å²) in [5.41, 5.74) is 0. The van der Waals surface area contributed by atoms with E-state index in [1.807, 2.05) is 0 Å². The van der Waals surface area contributed by atoms with E-state index in [4.69, 9.17) is 10.2 Å². The van der Waals surface area contributed by atoms with Gasteiger partial charge in [0.25, 0.3) is 0 Å². The summed E-state index contributed by atoms with van der Waals surface area (Å²) in [6.07, 6.45) is 2.99. The summed E-state index contributed by atoms with van der Waals surface area (Å²) in [6, 6.07) is 0. The lowest BCUT2D eigenvalue weighted by Gasteiger charge is -2.08. The smallest absolute Gasteiger partial charge is 0.0575 e. The van der Waals surface area contributed by atoms with Crippen molar-refractivity contribution >= 4 is 0 Å². The monoisotopic (exact) mass is 144 g/mol. The molecule has 0 saturated carbocycles. The zero-order valence-electron chi connectivity index (χ0n) is 6.45. The SMILES string of the molecule is C=CC[C@H](O)CC[C@@H](C)O. The fourth-order valence-corrected chi connectivity index (χ4v) is 0.744. The molecule has 0 aliphatic heterocycles. The van der Waals surface area contributed by atoms with E-state index in [2.05, 4.69) is 6.58 Å². The number of aliphatic hydroxyl groups excluding tert-OH is 2. The Morgan fingerprint density at radius 3 is 2.40 bits per heavy atom. The van der Waals surface area contributed by atoms with Gasteiger partial charge in [0.2, 0.25) is 0 Å². The van der Waals surface area contributed by atoms with Gasteiger partial charge >= 0.3 is 0 Å². The summed E-state index contributed by atoms with van der Waals surface area (Å²) in [5.74, 6) is 0. The van der Waals surface area contributed by atoms with Gasteiger partial charge in [-0.15, -0.1) is 6.58 Å². The topological polar surface area (TPSA) is 40.5 Å². The second-order valence-corrected chi connectivity index (χ2v) is 2.60. The molecule has 60 valence electrons. The molecule has 0 aromatic carbocycles. The maximum atomic E-state index is 9.12. The van der Waals surface area contributed by atoms with Gasteiger partial charge in [0.1, 0.15) is 0 Å². The van der Waals surface area contributed by atoms with Crippen molar-refractivity contribution in [2.45, 2.75) is 38.4 Å². The minimum atomic E-state index is -0.327. The highest BCUT2D eigenvalue weighted by Gasteiger charge is 2.02. The van der Waals surface area contributed by atoms with Gasteiger partial charge in [-0.1, -0.05) is 6.08 Å². The van der Waals surface area contributed by atoms with Crippen molar-refractivity contribution in [2.24, 2.45) is 0 Å². The van der Waals surface area contributed by atoms with Gasteiger partial charge in [-0.05, 0) is 26.2 Å². The van der Waals surface area contributed by atoms with Crippen molar-refractivity contribution in [3.05, 3.63) is 12.7 Å². The van der Waals surface area contributed by atoms with E-state index in [1.54, 1.807) is 13.0 Å². The lowest BCUT2D eigenvalue weighted by Crippen LogP contribution is -2.09. The van der Waals surface area contributed by atoms with Gasteiger partial charge in [0, 0.05) is 0 Å². The van der Waals surface area contributed by atoms with Crippen molar-refractivity contribution in [1.29, 1.82) is 0 Å². The average molecular weight is 144 g/mol. The van der Waals surface area contributed by atoms with Crippen LogP contribution in [0.15, 0.2) is 12.7 Å². The molecular weight excluding hydrogens is 128 g/mol. The fourth-order valence-electron chi connectivity index (χ4n) is 0.744. The van der Waals surface area contributed by atoms with Crippen molar-refractivity contribution < 1.29 is 10.2 Å². The molecule has 0 heterocycles. The third-order valence-corrected chi connectivity index (χ3v) is 1.36. The van der Waals surface area contributed by atoms with Crippen LogP contribution in [0.4, 0.5) is 0 Å². The highest BCUT2D eigenvalue weighted by molar-refractivity contribution is 4.72. The van der Waals surface area contributed by atoms with Crippen LogP contribution >= 0.6 is 0 Å². The summed E-state index contributed by atoms with van der Waals surface area (Å²) in [4.78, 5) is 0. The quantitative estimate of drug-likeness (QED) is 0.567. The molecule has 0 unspecified atom stereocenters. The Morgan fingerprint density at radius 1 is 1.40 bits per heavy atom. The van der Waals surface area contributed by atoms with Crippen LogP contribution < -0.4 is 0 Å². The molecule has 0 fully saturated rings. The molecule has 0 bridgehead atoms. The molecule has 0 saturated heterocycles. The van der Waals surface area contributed by atoms with Gasteiger partial charge < -0.3 is 10.2 Å². The summed E-state index contributed by atoms with van der Waals surface area (Å²) in [7, 11) is 0. The van der Waals surface area contributed by atoms with Crippen LogP contribution in [0.3, 0.4) is 0 Å². The first-order valence-corrected chi connectivity index (χ1v) is 3.63. The van der Waals surface area contributed by atoms with E-state index in [-0.39, 0.29) is 12.2 Å². The van der Waals surface area contributed by atoms with Crippen molar-refractivity contribution in [2.75, 3.05) is 0 Å². The Labute approximate surface area is 62.2 Å². The van der Waals surface area contributed by atoms with Gasteiger partial charge in [-0.25, -0.2) is 0 Å². The summed E-state index contributed by atoms with van der Waals surface area (Å²) >= 11 is 0. The molecule has 0 rings (SSSR count). The molecule has 2 heteroatoms. The molecule has 0 aliphatic carbocycles. The fraction of sp³-hybridized carbons (Fsp3) is 0.750. The molecule has 2 N–H and O–H groups in total. The minimum Gasteiger partial charge on any atom is -0.393 e. The predicted molar refractivity (Wildman–Crippen MR) is 41.7 cm³/mol. The zero-order valence-corrected chi connectivity index (χ0v) is 6.45. The highest BCUT2D eigenvalue weighted by atomic mass is 16.3. The average Bonchev–Trinajstić information content (AvgIpc) is 1.85. The number of aliphatic hydroxyl groups is 2. The van der Waals surface area contributed by atoms with Gasteiger partial charge in [0.05, 0.1) is 12.2 Å². The Kier molecular flexibility index (Phi) is 5.26. The van der Waals surface area contributed by atoms with Crippen molar-refractivity contribution in [3.8, 4) is 0 Å². The summed E-state index contributed by atoms with van der Waals surface area (Å²) < 4.78 is 0. The number of hydrogen-bond donors (Lipinski definition) is 2. The Bertz CT molecular complexity index is 89.3. The summed E-state index contributed by atoms with van der Waals surface area (Å²) in [6.45, 7) is 5.23. The van der Waals surface area contributed by atoms with Crippen molar-refractivity contribution in [1.82, 2.24) is 0 Å². The standard InChI is InChI=1S/C8H16O2/c1-3-4-8(10)6-5-7(2)9/h3,7-10H,1,4-6H2,2H3/t7-,8+/m1/s1. The van der Waals surface area contributed by atoms with Crippen LogP contribution in [0.25, 0.3) is 0 Å². The van der Waals surface area contributed by atoms with E-state index >= 15 is 0 Å². The van der Waals surface area contributed by atoms with Crippen LogP contribution in [-0.2, 0) is 0 Å². The normalized spacial score (nSPS) is 16.3. The van der Waals surface area contributed by atoms with E-state index in [1.165, 1.54) is 0 Å².